The summed E-state index contributed by atoms with van der Waals surface area (Å²) in [6.45, 7) is 2.22. The van der Waals surface area contributed by atoms with Crippen LogP contribution in [0.25, 0.3) is 0 Å². The zero-order valence-corrected chi connectivity index (χ0v) is 7.69. The molecule has 0 aromatic rings. The van der Waals surface area contributed by atoms with Crippen molar-refractivity contribution in [1.82, 2.24) is 0 Å². The normalized spacial score (nSPS) is 4.78. The van der Waals surface area contributed by atoms with Crippen molar-refractivity contribution < 1.29 is 0 Å². The maximum Gasteiger partial charge on any atom is 0.316 e. The summed E-state index contributed by atoms with van der Waals surface area (Å²) in [7, 11) is 0. The summed E-state index contributed by atoms with van der Waals surface area (Å²) >= 11 is 2.05. The minimum atomic E-state index is 0. The van der Waals surface area contributed by atoms with Crippen molar-refractivity contribution in [3.05, 3.63) is 0 Å². The fourth-order valence-corrected chi connectivity index (χ4v) is 0.750. The van der Waals surface area contributed by atoms with Gasteiger partial charge in [-0.15, -0.1) is 24.8 Å². The zero-order chi connectivity index (χ0) is 4.12. The van der Waals surface area contributed by atoms with Gasteiger partial charge in [0.2, 0.25) is 0 Å². The molecule has 0 saturated heterocycles. The molecular formula is C4H14Cl2LiMg2+. The van der Waals surface area contributed by atoms with Crippen LogP contribution in [-0.4, -0.2) is 63.6 Å². The third kappa shape index (κ3) is 36.6. The molecule has 9 heavy (non-hydrogen) atoms. The van der Waals surface area contributed by atoms with Gasteiger partial charge in [0.15, 0.2) is 0 Å². The van der Waals surface area contributed by atoms with Gasteiger partial charge in [0.05, 0.1) is 0 Å². The summed E-state index contributed by atoms with van der Waals surface area (Å²) in [5.41, 5.74) is 0. The molecule has 0 aromatic heterocycles. The number of halogens is 2. The van der Waals surface area contributed by atoms with Crippen LogP contribution < -0.4 is 0 Å². The van der Waals surface area contributed by atoms with Crippen LogP contribution in [0.3, 0.4) is 0 Å². The molecule has 48 valence electrons. The fourth-order valence-electron chi connectivity index (χ4n) is 0.250. The second kappa shape index (κ2) is 31.0. The van der Waals surface area contributed by atoms with Crippen LogP contribution in [0, 0.1) is 0 Å². The van der Waals surface area contributed by atoms with Crippen LogP contribution in [0.15, 0.2) is 0 Å². The van der Waals surface area contributed by atoms with Crippen LogP contribution in [0.1, 0.15) is 19.8 Å². The number of unbranched alkanes of at least 4 members (excludes halogenated alkanes) is 1. The first kappa shape index (κ1) is 29.8. The van der Waals surface area contributed by atoms with Crippen molar-refractivity contribution in [3.63, 3.8) is 0 Å². The van der Waals surface area contributed by atoms with Gasteiger partial charge in [0, 0.05) is 0 Å². The van der Waals surface area contributed by atoms with E-state index >= 15 is 0 Å². The quantitative estimate of drug-likeness (QED) is 0.559. The van der Waals surface area contributed by atoms with Gasteiger partial charge in [-0.25, -0.2) is 0 Å². The van der Waals surface area contributed by atoms with E-state index in [0.717, 1.165) is 0 Å². The van der Waals surface area contributed by atoms with E-state index in [1.165, 1.54) is 17.4 Å². The summed E-state index contributed by atoms with van der Waals surface area (Å²) < 4.78 is 1.37. The van der Waals surface area contributed by atoms with E-state index in [9.17, 15) is 0 Å². The summed E-state index contributed by atoms with van der Waals surface area (Å²) in [5.74, 6) is 0. The molecule has 5 heteroatoms. The van der Waals surface area contributed by atoms with Gasteiger partial charge in [0.25, 0.3) is 0 Å². The van der Waals surface area contributed by atoms with Crippen LogP contribution >= 0.6 is 24.8 Å². The Hall–Kier alpha value is 2.71. The van der Waals surface area contributed by atoms with Crippen molar-refractivity contribution in [2.75, 3.05) is 0 Å². The molecule has 0 N–H and O–H groups in total. The van der Waals surface area contributed by atoms with Gasteiger partial charge in [-0.3, -0.25) is 0 Å². The molecule has 0 bridgehead atoms. The Bertz CT molecular complexity index is 24.0. The maximum atomic E-state index is 2.22. The van der Waals surface area contributed by atoms with E-state index < -0.39 is 0 Å². The summed E-state index contributed by atoms with van der Waals surface area (Å²) in [6, 6.07) is 0. The van der Waals surface area contributed by atoms with Crippen molar-refractivity contribution >= 4 is 88.4 Å². The Labute approximate surface area is 111 Å². The molecule has 0 rings (SSSR count). The molecule has 0 fully saturated rings. The minimum absolute atomic E-state index is 0. The van der Waals surface area contributed by atoms with E-state index in [1.807, 2.05) is 21.7 Å². The van der Waals surface area contributed by atoms with E-state index in [1.54, 1.807) is 0 Å². The number of hydrogen-bond donors (Lipinski definition) is 0. The predicted octanol–water partition coefficient (Wildman–Crippen LogP) is 0.652. The molecule has 0 radical (unpaired) electrons. The molecule has 0 saturated carbocycles. The van der Waals surface area contributed by atoms with E-state index in [-0.39, 0.29) is 66.7 Å². The topological polar surface area (TPSA) is 0 Å². The summed E-state index contributed by atoms with van der Waals surface area (Å²) in [5, 5.41) is 0. The molecule has 0 atom stereocenters. The maximum absolute atomic E-state index is 2.22. The molecule has 0 spiro atoms. The van der Waals surface area contributed by atoms with Crippen LogP contribution in [0.5, 0.6) is 0 Å². The molecule has 0 aliphatic rings. The predicted molar refractivity (Wildman–Crippen MR) is 55.7 cm³/mol. The van der Waals surface area contributed by atoms with Crippen LogP contribution in [0.2, 0.25) is 4.55 Å². The third-order valence-electron chi connectivity index (χ3n) is 0.604. The molecule has 0 nitrogen and oxygen atoms in total. The molecule has 0 amide bonds. The molecular weight excluding hydrogens is 175 g/mol. The zero-order valence-electron chi connectivity index (χ0n) is 4.64. The molecule has 0 unspecified atom stereocenters. The fraction of sp³-hybridized carbons (Fsp3) is 1.00. The largest absolute Gasteiger partial charge is 0.316 e. The first-order valence-electron chi connectivity index (χ1n) is 2.21. The molecule has 0 aliphatic heterocycles. The minimum Gasteiger partial charge on any atom is 0.316 e. The summed E-state index contributed by atoms with van der Waals surface area (Å²) in [6.07, 6.45) is 2.75. The van der Waals surface area contributed by atoms with Crippen molar-refractivity contribution in [1.29, 1.82) is 0 Å². The van der Waals surface area contributed by atoms with E-state index in [2.05, 4.69) is 6.92 Å². The van der Waals surface area contributed by atoms with Crippen molar-refractivity contribution in [3.8, 4) is 0 Å². The van der Waals surface area contributed by atoms with Crippen molar-refractivity contribution in [2.24, 2.45) is 0 Å². The van der Waals surface area contributed by atoms with E-state index in [0.29, 0.717) is 0 Å². The van der Waals surface area contributed by atoms with Gasteiger partial charge in [-0.05, 0) is 0 Å². The standard InChI is InChI=1S/C4H9.2ClH.Li.2Mg.3H/c1-3-4-2;;;;;;;;/h1,3-4H2,2H3;2*1H;;;;;;/q;;;;;+1;;;. The van der Waals surface area contributed by atoms with Gasteiger partial charge in [-0.1, -0.05) is 0 Å². The first-order valence-corrected chi connectivity index (χ1v) is 3.21. The number of rotatable bonds is 2. The monoisotopic (exact) mass is 187 g/mol. The smallest absolute Gasteiger partial charge is 0.316 e. The second-order valence-corrected chi connectivity index (χ2v) is 1.91. The second-order valence-electron chi connectivity index (χ2n) is 1.21. The van der Waals surface area contributed by atoms with E-state index in [4.69, 9.17) is 0 Å². The molecule has 0 heterocycles. The van der Waals surface area contributed by atoms with Crippen LogP contribution in [-0.2, 0) is 0 Å². The third-order valence-corrected chi connectivity index (χ3v) is 1.10. The first-order chi connectivity index (χ1) is 2.41. The van der Waals surface area contributed by atoms with Gasteiger partial charge in [-0.2, -0.15) is 0 Å². The molecule has 0 aliphatic carbocycles. The molecule has 0 aromatic carbocycles. The Morgan fingerprint density at radius 2 is 1.56 bits per heavy atom. The average Bonchev–Trinajstić information content (AvgIpc) is 1.41. The Morgan fingerprint density at radius 1 is 1.22 bits per heavy atom. The number of hydrogen-bond acceptors (Lipinski definition) is 0. The van der Waals surface area contributed by atoms with Crippen LogP contribution in [0.4, 0.5) is 0 Å². The summed E-state index contributed by atoms with van der Waals surface area (Å²) in [4.78, 5) is 0. The average molecular weight is 189 g/mol. The van der Waals surface area contributed by atoms with Crippen molar-refractivity contribution in [2.45, 2.75) is 24.3 Å². The Morgan fingerprint density at radius 3 is 1.56 bits per heavy atom. The Kier molecular flexibility index (Phi) is 103. The Balaban J connectivity index is -0.0000000133. The van der Waals surface area contributed by atoms with Gasteiger partial charge >= 0.3 is 87.9 Å². The van der Waals surface area contributed by atoms with Gasteiger partial charge < -0.3 is 0 Å². The van der Waals surface area contributed by atoms with Gasteiger partial charge in [0.1, 0.15) is 0 Å². The SMILES string of the molecule is CCC[CH2][Mg+].Cl.Cl.[LiH].[MgH2].